The number of hydrogen-bond donors (Lipinski definition) is 1. The summed E-state index contributed by atoms with van der Waals surface area (Å²) in [4.78, 5) is 9.03. The first-order chi connectivity index (χ1) is 11.0. The molecule has 0 saturated carbocycles. The molecule has 6 heteroatoms. The first kappa shape index (κ1) is 15.9. The van der Waals surface area contributed by atoms with Gasteiger partial charge in [-0.15, -0.1) is 11.3 Å². The number of thiazole rings is 1. The smallest absolute Gasteiger partial charge is 0.146 e. The van der Waals surface area contributed by atoms with Gasteiger partial charge in [-0.05, 0) is 24.1 Å². The van der Waals surface area contributed by atoms with E-state index in [1.165, 1.54) is 9.71 Å². The van der Waals surface area contributed by atoms with Crippen molar-refractivity contribution >= 4 is 27.2 Å². The van der Waals surface area contributed by atoms with E-state index in [0.717, 1.165) is 23.6 Å². The molecule has 23 heavy (non-hydrogen) atoms. The second kappa shape index (κ2) is 6.66. The molecular weight excluding hydrogens is 306 g/mol. The van der Waals surface area contributed by atoms with Crippen molar-refractivity contribution in [2.45, 2.75) is 46.7 Å². The SMILES string of the molecule is CC(C)Cn1ncnc1CNc1ccc2nc(C(C)C)sc2c1. The summed E-state index contributed by atoms with van der Waals surface area (Å²) in [6, 6.07) is 6.33. The van der Waals surface area contributed by atoms with Crippen LogP contribution in [-0.2, 0) is 13.1 Å². The lowest BCUT2D eigenvalue weighted by Gasteiger charge is -2.10. The van der Waals surface area contributed by atoms with Crippen molar-refractivity contribution in [3.63, 3.8) is 0 Å². The van der Waals surface area contributed by atoms with E-state index >= 15 is 0 Å². The van der Waals surface area contributed by atoms with Crippen LogP contribution >= 0.6 is 11.3 Å². The van der Waals surface area contributed by atoms with Crippen molar-refractivity contribution in [3.8, 4) is 0 Å². The number of aromatic nitrogens is 4. The molecule has 1 aromatic carbocycles. The number of nitrogens with zero attached hydrogens (tertiary/aromatic N) is 4. The van der Waals surface area contributed by atoms with E-state index in [4.69, 9.17) is 0 Å². The summed E-state index contributed by atoms with van der Waals surface area (Å²) < 4.78 is 3.20. The Morgan fingerprint density at radius 2 is 2.04 bits per heavy atom. The highest BCUT2D eigenvalue weighted by Crippen LogP contribution is 2.29. The minimum Gasteiger partial charge on any atom is -0.378 e. The van der Waals surface area contributed by atoms with E-state index in [1.807, 2.05) is 4.68 Å². The lowest BCUT2D eigenvalue weighted by molar-refractivity contribution is 0.468. The Hall–Kier alpha value is -1.95. The monoisotopic (exact) mass is 329 g/mol. The van der Waals surface area contributed by atoms with Crippen LogP contribution in [0.25, 0.3) is 10.2 Å². The van der Waals surface area contributed by atoms with Gasteiger partial charge >= 0.3 is 0 Å². The Bertz CT molecular complexity index is 787. The van der Waals surface area contributed by atoms with Crippen molar-refractivity contribution in [3.05, 3.63) is 35.4 Å². The number of nitrogens with one attached hydrogen (secondary N) is 1. The van der Waals surface area contributed by atoms with Gasteiger partial charge in [0.15, 0.2) is 0 Å². The van der Waals surface area contributed by atoms with E-state index in [1.54, 1.807) is 17.7 Å². The van der Waals surface area contributed by atoms with Crippen molar-refractivity contribution in [2.24, 2.45) is 5.92 Å². The van der Waals surface area contributed by atoms with Crippen molar-refractivity contribution in [1.82, 2.24) is 19.7 Å². The fourth-order valence-corrected chi connectivity index (χ4v) is 3.41. The third kappa shape index (κ3) is 3.69. The standard InChI is InChI=1S/C17H23N5S/c1-11(2)9-22-16(19-10-20-22)8-18-13-5-6-14-15(7-13)23-17(21-14)12(3)4/h5-7,10-12,18H,8-9H2,1-4H3. The predicted molar refractivity (Wildman–Crippen MR) is 95.9 cm³/mol. The highest BCUT2D eigenvalue weighted by molar-refractivity contribution is 7.18. The predicted octanol–water partition coefficient (Wildman–Crippen LogP) is 4.28. The van der Waals surface area contributed by atoms with Gasteiger partial charge in [0.2, 0.25) is 0 Å². The Morgan fingerprint density at radius 3 is 2.78 bits per heavy atom. The maximum Gasteiger partial charge on any atom is 0.146 e. The highest BCUT2D eigenvalue weighted by Gasteiger charge is 2.09. The fourth-order valence-electron chi connectivity index (χ4n) is 2.40. The molecule has 0 spiro atoms. The zero-order chi connectivity index (χ0) is 16.4. The van der Waals surface area contributed by atoms with Gasteiger partial charge in [0, 0.05) is 18.2 Å². The van der Waals surface area contributed by atoms with Gasteiger partial charge in [-0.1, -0.05) is 27.7 Å². The maximum atomic E-state index is 4.67. The van der Waals surface area contributed by atoms with E-state index < -0.39 is 0 Å². The summed E-state index contributed by atoms with van der Waals surface area (Å²) in [5.74, 6) is 1.99. The van der Waals surface area contributed by atoms with Crippen LogP contribution in [0, 0.1) is 5.92 Å². The summed E-state index contributed by atoms with van der Waals surface area (Å²) in [6.07, 6.45) is 1.63. The molecule has 0 fully saturated rings. The lowest BCUT2D eigenvalue weighted by atomic mass is 10.2. The molecule has 5 nitrogen and oxygen atoms in total. The third-order valence-corrected chi connectivity index (χ3v) is 4.90. The topological polar surface area (TPSA) is 55.6 Å². The van der Waals surface area contributed by atoms with Crippen LogP contribution < -0.4 is 5.32 Å². The molecule has 0 saturated heterocycles. The molecule has 0 bridgehead atoms. The second-order valence-corrected chi connectivity index (χ2v) is 7.56. The molecular formula is C17H23N5S. The summed E-state index contributed by atoms with van der Waals surface area (Å²) in [5.41, 5.74) is 2.17. The first-order valence-corrected chi connectivity index (χ1v) is 8.85. The molecule has 2 aromatic heterocycles. The number of fused-ring (bicyclic) bond motifs is 1. The molecule has 2 heterocycles. The van der Waals surface area contributed by atoms with Crippen molar-refractivity contribution in [2.75, 3.05) is 5.32 Å². The largest absolute Gasteiger partial charge is 0.378 e. The Balaban J connectivity index is 1.73. The van der Waals surface area contributed by atoms with Gasteiger partial charge in [-0.2, -0.15) is 5.10 Å². The molecule has 122 valence electrons. The molecule has 0 aliphatic carbocycles. The minimum absolute atomic E-state index is 0.471. The average Bonchev–Trinajstić information content (AvgIpc) is 3.10. The van der Waals surface area contributed by atoms with Crippen LogP contribution in [0.2, 0.25) is 0 Å². The lowest BCUT2D eigenvalue weighted by Crippen LogP contribution is -2.13. The Morgan fingerprint density at radius 1 is 1.22 bits per heavy atom. The molecule has 0 atom stereocenters. The quantitative estimate of drug-likeness (QED) is 0.733. The minimum atomic E-state index is 0.471. The number of rotatable bonds is 6. The zero-order valence-corrected chi connectivity index (χ0v) is 14.9. The van der Waals surface area contributed by atoms with E-state index in [2.05, 4.69) is 66.3 Å². The number of benzene rings is 1. The zero-order valence-electron chi connectivity index (χ0n) is 14.1. The third-order valence-electron chi connectivity index (χ3n) is 3.58. The first-order valence-electron chi connectivity index (χ1n) is 8.04. The summed E-state index contributed by atoms with van der Waals surface area (Å²) in [5, 5.41) is 8.93. The molecule has 0 aliphatic heterocycles. The normalized spacial score (nSPS) is 11.7. The van der Waals surface area contributed by atoms with E-state index in [-0.39, 0.29) is 0 Å². The average molecular weight is 329 g/mol. The summed E-state index contributed by atoms with van der Waals surface area (Å²) >= 11 is 1.77. The van der Waals surface area contributed by atoms with Crippen LogP contribution in [0.4, 0.5) is 5.69 Å². The van der Waals surface area contributed by atoms with Crippen molar-refractivity contribution < 1.29 is 0 Å². The maximum absolute atomic E-state index is 4.67. The van der Waals surface area contributed by atoms with Crippen LogP contribution in [-0.4, -0.2) is 19.7 Å². The molecule has 0 aliphatic rings. The summed E-state index contributed by atoms with van der Waals surface area (Å²) in [6.45, 7) is 10.3. The molecule has 3 aromatic rings. The molecule has 1 N–H and O–H groups in total. The number of hydrogen-bond acceptors (Lipinski definition) is 5. The van der Waals surface area contributed by atoms with Crippen LogP contribution in [0.5, 0.6) is 0 Å². The van der Waals surface area contributed by atoms with Gasteiger partial charge in [0.05, 0.1) is 21.8 Å². The molecule has 0 amide bonds. The summed E-state index contributed by atoms with van der Waals surface area (Å²) in [7, 11) is 0. The fraction of sp³-hybridized carbons (Fsp3) is 0.471. The van der Waals surface area contributed by atoms with Gasteiger partial charge in [-0.3, -0.25) is 0 Å². The molecule has 0 radical (unpaired) electrons. The van der Waals surface area contributed by atoms with Crippen LogP contribution in [0.1, 0.15) is 44.4 Å². The second-order valence-electron chi connectivity index (χ2n) is 6.50. The van der Waals surface area contributed by atoms with Crippen LogP contribution in [0.15, 0.2) is 24.5 Å². The van der Waals surface area contributed by atoms with E-state index in [0.29, 0.717) is 18.4 Å². The van der Waals surface area contributed by atoms with Gasteiger partial charge < -0.3 is 5.32 Å². The Labute approximate surface area is 140 Å². The van der Waals surface area contributed by atoms with E-state index in [9.17, 15) is 0 Å². The molecule has 3 rings (SSSR count). The van der Waals surface area contributed by atoms with Crippen molar-refractivity contribution in [1.29, 1.82) is 0 Å². The highest BCUT2D eigenvalue weighted by atomic mass is 32.1. The van der Waals surface area contributed by atoms with Gasteiger partial charge in [0.25, 0.3) is 0 Å². The van der Waals surface area contributed by atoms with Gasteiger partial charge in [-0.25, -0.2) is 14.6 Å². The van der Waals surface area contributed by atoms with Crippen LogP contribution in [0.3, 0.4) is 0 Å². The molecule has 0 unspecified atom stereocenters. The van der Waals surface area contributed by atoms with Gasteiger partial charge in [0.1, 0.15) is 12.2 Å². The Kier molecular flexibility index (Phi) is 4.61. The number of anilines is 1.